The molecule has 2 aromatic carbocycles. The third kappa shape index (κ3) is 5.83. The number of hydrogen-bond acceptors (Lipinski definition) is 3. The van der Waals surface area contributed by atoms with Crippen molar-refractivity contribution in [2.75, 3.05) is 13.1 Å². The summed E-state index contributed by atoms with van der Waals surface area (Å²) in [5.74, 6) is 1.04. The highest BCUT2D eigenvalue weighted by molar-refractivity contribution is 5.73. The molecule has 1 aliphatic rings. The summed E-state index contributed by atoms with van der Waals surface area (Å²) in [6, 6.07) is 17.8. The number of carbonyl (C=O) groups excluding carboxylic acids is 1. The Morgan fingerprint density at radius 2 is 1.74 bits per heavy atom. The SMILES string of the molecule is CC(C)(OC(=O)Cc1cccc(OCc2ccccc2)c1)C1CC[NH2+]CC1. The van der Waals surface area contributed by atoms with Gasteiger partial charge in [-0.2, -0.15) is 0 Å². The molecule has 144 valence electrons. The van der Waals surface area contributed by atoms with Crippen LogP contribution >= 0.6 is 0 Å². The maximum Gasteiger partial charge on any atom is 0.310 e. The van der Waals surface area contributed by atoms with Gasteiger partial charge in [0.25, 0.3) is 0 Å². The molecule has 0 aliphatic carbocycles. The van der Waals surface area contributed by atoms with Gasteiger partial charge in [0, 0.05) is 18.8 Å². The molecule has 4 nitrogen and oxygen atoms in total. The van der Waals surface area contributed by atoms with Crippen LogP contribution in [0.2, 0.25) is 0 Å². The second kappa shape index (κ2) is 9.05. The minimum Gasteiger partial charge on any atom is -0.489 e. The predicted molar refractivity (Wildman–Crippen MR) is 105 cm³/mol. The second-order valence-electron chi connectivity index (χ2n) is 7.82. The second-order valence-corrected chi connectivity index (χ2v) is 7.82. The summed E-state index contributed by atoms with van der Waals surface area (Å²) in [5.41, 5.74) is 1.62. The Morgan fingerprint density at radius 3 is 2.48 bits per heavy atom. The standard InChI is InChI=1S/C23H29NO3/c1-23(2,20-11-13-24-14-12-20)27-22(25)16-19-9-6-10-21(15-19)26-17-18-7-4-3-5-8-18/h3-10,15,20,24H,11-14,16-17H2,1-2H3/p+1. The molecular weight excluding hydrogens is 338 g/mol. The van der Waals surface area contributed by atoms with Crippen molar-refractivity contribution in [2.45, 2.75) is 45.3 Å². The largest absolute Gasteiger partial charge is 0.489 e. The van der Waals surface area contributed by atoms with Crippen molar-refractivity contribution in [2.24, 2.45) is 5.92 Å². The van der Waals surface area contributed by atoms with E-state index >= 15 is 0 Å². The molecule has 0 aromatic heterocycles. The van der Waals surface area contributed by atoms with Crippen LogP contribution in [0.3, 0.4) is 0 Å². The molecule has 2 aromatic rings. The number of carbonyl (C=O) groups is 1. The van der Waals surface area contributed by atoms with Crippen LogP contribution in [0.15, 0.2) is 54.6 Å². The van der Waals surface area contributed by atoms with E-state index in [-0.39, 0.29) is 12.4 Å². The van der Waals surface area contributed by atoms with E-state index in [0.717, 1.165) is 42.8 Å². The molecule has 1 fully saturated rings. The molecule has 0 amide bonds. The zero-order chi connectivity index (χ0) is 19.1. The van der Waals surface area contributed by atoms with E-state index in [1.165, 1.54) is 0 Å². The van der Waals surface area contributed by atoms with Gasteiger partial charge in [0.1, 0.15) is 18.0 Å². The van der Waals surface area contributed by atoms with Crippen molar-refractivity contribution in [1.82, 2.24) is 0 Å². The fourth-order valence-electron chi connectivity index (χ4n) is 3.69. The van der Waals surface area contributed by atoms with Crippen molar-refractivity contribution >= 4 is 5.97 Å². The fraction of sp³-hybridized carbons (Fsp3) is 0.435. The van der Waals surface area contributed by atoms with Crippen LogP contribution in [-0.2, 0) is 22.6 Å². The Hall–Kier alpha value is -2.33. The minimum atomic E-state index is -0.410. The van der Waals surface area contributed by atoms with Gasteiger partial charge in [0.2, 0.25) is 0 Å². The molecule has 0 saturated carbocycles. The van der Waals surface area contributed by atoms with Gasteiger partial charge >= 0.3 is 5.97 Å². The first-order valence-corrected chi connectivity index (χ1v) is 9.82. The van der Waals surface area contributed by atoms with Gasteiger partial charge in [-0.3, -0.25) is 4.79 Å². The fourth-order valence-corrected chi connectivity index (χ4v) is 3.69. The van der Waals surface area contributed by atoms with E-state index in [4.69, 9.17) is 9.47 Å². The minimum absolute atomic E-state index is 0.172. The lowest BCUT2D eigenvalue weighted by Crippen LogP contribution is -2.86. The lowest BCUT2D eigenvalue weighted by molar-refractivity contribution is -0.665. The number of rotatable bonds is 7. The topological polar surface area (TPSA) is 52.1 Å². The highest BCUT2D eigenvalue weighted by Gasteiger charge is 2.35. The molecule has 0 atom stereocenters. The van der Waals surface area contributed by atoms with Gasteiger partial charge in [-0.25, -0.2) is 0 Å². The van der Waals surface area contributed by atoms with Crippen molar-refractivity contribution < 1.29 is 19.6 Å². The van der Waals surface area contributed by atoms with Crippen molar-refractivity contribution in [3.8, 4) is 5.75 Å². The normalized spacial score (nSPS) is 15.3. The van der Waals surface area contributed by atoms with Crippen LogP contribution in [-0.4, -0.2) is 24.7 Å². The monoisotopic (exact) mass is 368 g/mol. The lowest BCUT2D eigenvalue weighted by Gasteiger charge is -2.35. The Balaban J connectivity index is 1.54. The number of hydrogen-bond donors (Lipinski definition) is 1. The van der Waals surface area contributed by atoms with Crippen LogP contribution < -0.4 is 10.1 Å². The highest BCUT2D eigenvalue weighted by atomic mass is 16.6. The average Bonchev–Trinajstić information content (AvgIpc) is 2.68. The molecule has 1 heterocycles. The molecular formula is C23H30NO3+. The molecule has 0 bridgehead atoms. The number of ether oxygens (including phenoxy) is 2. The summed E-state index contributed by atoms with van der Waals surface area (Å²) >= 11 is 0. The van der Waals surface area contributed by atoms with E-state index in [0.29, 0.717) is 12.5 Å². The van der Waals surface area contributed by atoms with E-state index in [2.05, 4.69) is 5.32 Å². The van der Waals surface area contributed by atoms with Crippen LogP contribution in [0.5, 0.6) is 5.75 Å². The zero-order valence-corrected chi connectivity index (χ0v) is 16.3. The molecule has 0 radical (unpaired) electrons. The summed E-state index contributed by atoms with van der Waals surface area (Å²) in [5, 5.41) is 2.33. The summed E-state index contributed by atoms with van der Waals surface area (Å²) in [6.45, 7) is 6.83. The summed E-state index contributed by atoms with van der Waals surface area (Å²) in [6.07, 6.45) is 2.47. The van der Waals surface area contributed by atoms with Gasteiger partial charge in [0.05, 0.1) is 19.5 Å². The number of piperidine rings is 1. The summed E-state index contributed by atoms with van der Waals surface area (Å²) < 4.78 is 11.7. The maximum atomic E-state index is 12.5. The third-order valence-electron chi connectivity index (χ3n) is 5.29. The number of quaternary nitrogens is 1. The van der Waals surface area contributed by atoms with E-state index in [9.17, 15) is 4.79 Å². The van der Waals surface area contributed by atoms with E-state index < -0.39 is 5.60 Å². The smallest absolute Gasteiger partial charge is 0.310 e. The molecule has 0 spiro atoms. The van der Waals surface area contributed by atoms with Gasteiger partial charge in [-0.15, -0.1) is 0 Å². The van der Waals surface area contributed by atoms with Crippen LogP contribution in [0.25, 0.3) is 0 Å². The molecule has 1 aliphatic heterocycles. The van der Waals surface area contributed by atoms with Crippen molar-refractivity contribution in [3.05, 3.63) is 65.7 Å². The first kappa shape index (κ1) is 19.4. The highest BCUT2D eigenvalue weighted by Crippen LogP contribution is 2.28. The lowest BCUT2D eigenvalue weighted by atomic mass is 9.83. The molecule has 27 heavy (non-hydrogen) atoms. The molecule has 1 saturated heterocycles. The van der Waals surface area contributed by atoms with Crippen LogP contribution in [0.4, 0.5) is 0 Å². The van der Waals surface area contributed by atoms with Gasteiger partial charge in [-0.05, 0) is 37.1 Å². The summed E-state index contributed by atoms with van der Waals surface area (Å²) in [7, 11) is 0. The predicted octanol–water partition coefficient (Wildman–Crippen LogP) is 3.10. The number of benzene rings is 2. The third-order valence-corrected chi connectivity index (χ3v) is 5.29. The van der Waals surface area contributed by atoms with Crippen LogP contribution in [0.1, 0.15) is 37.8 Å². The molecule has 0 unspecified atom stereocenters. The molecule has 4 heteroatoms. The van der Waals surface area contributed by atoms with E-state index in [1.807, 2.05) is 68.4 Å². The van der Waals surface area contributed by atoms with Gasteiger partial charge in [0.15, 0.2) is 0 Å². The quantitative estimate of drug-likeness (QED) is 0.764. The first-order chi connectivity index (χ1) is 13.0. The molecule has 2 N–H and O–H groups in total. The zero-order valence-electron chi connectivity index (χ0n) is 16.3. The maximum absolute atomic E-state index is 12.5. The van der Waals surface area contributed by atoms with Crippen LogP contribution in [0, 0.1) is 5.92 Å². The van der Waals surface area contributed by atoms with E-state index in [1.54, 1.807) is 0 Å². The number of nitrogens with two attached hydrogens (primary N) is 1. The Kier molecular flexibility index (Phi) is 6.51. The number of esters is 1. The molecule has 3 rings (SSSR count). The van der Waals surface area contributed by atoms with Gasteiger partial charge in [-0.1, -0.05) is 42.5 Å². The Labute approximate surface area is 161 Å². The first-order valence-electron chi connectivity index (χ1n) is 9.82. The Bertz CT molecular complexity index is 736. The van der Waals surface area contributed by atoms with Crippen molar-refractivity contribution in [3.63, 3.8) is 0 Å². The van der Waals surface area contributed by atoms with Crippen molar-refractivity contribution in [1.29, 1.82) is 0 Å². The van der Waals surface area contributed by atoms with Gasteiger partial charge < -0.3 is 14.8 Å². The summed E-state index contributed by atoms with van der Waals surface area (Å²) in [4.78, 5) is 12.5. The Morgan fingerprint density at radius 1 is 1.04 bits per heavy atom. The average molecular weight is 368 g/mol.